The highest BCUT2D eigenvalue weighted by Crippen LogP contribution is 2.13. The van der Waals surface area contributed by atoms with E-state index in [-0.39, 0.29) is 6.04 Å². The van der Waals surface area contributed by atoms with Crippen LogP contribution in [0.25, 0.3) is 0 Å². The summed E-state index contributed by atoms with van der Waals surface area (Å²) in [7, 11) is 0. The summed E-state index contributed by atoms with van der Waals surface area (Å²) in [5.41, 5.74) is 0. The van der Waals surface area contributed by atoms with Crippen LogP contribution < -0.4 is 0 Å². The van der Waals surface area contributed by atoms with Crippen molar-refractivity contribution in [3.05, 3.63) is 6.42 Å². The molecule has 0 saturated carbocycles. The van der Waals surface area contributed by atoms with Crippen LogP contribution in [-0.2, 0) is 0 Å². The van der Waals surface area contributed by atoms with Gasteiger partial charge in [-0.3, -0.25) is 4.90 Å². The van der Waals surface area contributed by atoms with E-state index in [1.807, 2.05) is 0 Å². The zero-order valence-electron chi connectivity index (χ0n) is 7.27. The van der Waals surface area contributed by atoms with Crippen LogP contribution in [0.5, 0.6) is 0 Å². The monoisotopic (exact) mass is 150 g/mol. The Kier molecular flexibility index (Phi) is 3.45. The molecule has 1 radical (unpaired) electrons. The van der Waals surface area contributed by atoms with E-state index in [0.29, 0.717) is 0 Å². The zero-order valence-corrected chi connectivity index (χ0v) is 7.27. The molecule has 0 spiro atoms. The Morgan fingerprint density at radius 3 is 2.45 bits per heavy atom. The summed E-state index contributed by atoms with van der Waals surface area (Å²) in [5, 5.41) is 0. The lowest BCUT2D eigenvalue weighted by atomic mass is 10.1. The number of nitrogens with zero attached hydrogens (tertiary/aromatic N) is 1. The lowest BCUT2D eigenvalue weighted by molar-refractivity contribution is 0.192. The molecule has 1 nitrogen and oxygen atoms in total. The van der Waals surface area contributed by atoms with E-state index >= 15 is 0 Å². The van der Waals surface area contributed by atoms with Crippen molar-refractivity contribution < 1.29 is 0 Å². The van der Waals surface area contributed by atoms with Crippen LogP contribution in [0.15, 0.2) is 0 Å². The molecule has 0 aromatic rings. The fourth-order valence-corrected chi connectivity index (χ4v) is 1.68. The summed E-state index contributed by atoms with van der Waals surface area (Å²) in [6.07, 6.45) is 12.1. The van der Waals surface area contributed by atoms with Crippen LogP contribution in [0.3, 0.4) is 0 Å². The first-order valence-electron chi connectivity index (χ1n) is 4.54. The third-order valence-corrected chi connectivity index (χ3v) is 2.38. The van der Waals surface area contributed by atoms with E-state index in [1.54, 1.807) is 0 Å². The molecule has 11 heavy (non-hydrogen) atoms. The molecule has 0 N–H and O–H groups in total. The van der Waals surface area contributed by atoms with E-state index in [4.69, 9.17) is 6.42 Å². The van der Waals surface area contributed by atoms with Crippen LogP contribution in [0.4, 0.5) is 0 Å². The van der Waals surface area contributed by atoms with Gasteiger partial charge in [-0.1, -0.05) is 19.3 Å². The highest BCUT2D eigenvalue weighted by atomic mass is 15.1. The normalized spacial score (nSPS) is 22.5. The van der Waals surface area contributed by atoms with Gasteiger partial charge in [-0.2, -0.15) is 0 Å². The van der Waals surface area contributed by atoms with E-state index in [9.17, 15) is 0 Å². The second kappa shape index (κ2) is 4.41. The lowest BCUT2D eigenvalue weighted by Crippen LogP contribution is -2.37. The summed E-state index contributed by atoms with van der Waals surface area (Å²) >= 11 is 0. The van der Waals surface area contributed by atoms with Crippen molar-refractivity contribution >= 4 is 0 Å². The molecular formula is C10H16N. The quantitative estimate of drug-likeness (QED) is 0.543. The van der Waals surface area contributed by atoms with Gasteiger partial charge in [-0.25, -0.2) is 0 Å². The summed E-state index contributed by atoms with van der Waals surface area (Å²) in [6, 6.07) is 0.287. The Morgan fingerprint density at radius 2 is 2.00 bits per heavy atom. The van der Waals surface area contributed by atoms with Gasteiger partial charge < -0.3 is 0 Å². The molecule has 1 rings (SSSR count). The van der Waals surface area contributed by atoms with Crippen LogP contribution in [0.1, 0.15) is 32.6 Å². The number of piperidine rings is 1. The van der Waals surface area contributed by atoms with E-state index in [2.05, 4.69) is 17.7 Å². The van der Waals surface area contributed by atoms with Gasteiger partial charge in [0.1, 0.15) is 0 Å². The molecule has 61 valence electrons. The summed E-state index contributed by atoms with van der Waals surface area (Å²) in [5.74, 6) is 2.60. The van der Waals surface area contributed by atoms with Gasteiger partial charge in [0.15, 0.2) is 0 Å². The maximum atomic E-state index is 7.10. The van der Waals surface area contributed by atoms with Gasteiger partial charge in [0.05, 0.1) is 6.04 Å². The van der Waals surface area contributed by atoms with Gasteiger partial charge in [0, 0.05) is 0 Å². The maximum Gasteiger partial charge on any atom is 0.0722 e. The molecular weight excluding hydrogens is 134 g/mol. The minimum atomic E-state index is 0.287. The van der Waals surface area contributed by atoms with Crippen molar-refractivity contribution in [2.24, 2.45) is 0 Å². The third kappa shape index (κ3) is 2.24. The van der Waals surface area contributed by atoms with Crippen LogP contribution in [0.2, 0.25) is 0 Å². The number of likely N-dealkylation sites (tertiary alicyclic amines) is 1. The lowest BCUT2D eigenvalue weighted by Gasteiger charge is -2.30. The topological polar surface area (TPSA) is 3.24 Å². The second-order valence-corrected chi connectivity index (χ2v) is 3.17. The Morgan fingerprint density at radius 1 is 1.36 bits per heavy atom. The molecule has 0 bridgehead atoms. The van der Waals surface area contributed by atoms with Crippen LogP contribution >= 0.6 is 0 Å². The van der Waals surface area contributed by atoms with E-state index in [0.717, 1.165) is 6.42 Å². The van der Waals surface area contributed by atoms with Crippen molar-refractivity contribution in [2.45, 2.75) is 38.6 Å². The number of rotatable bonds is 2. The second-order valence-electron chi connectivity index (χ2n) is 3.17. The predicted molar refractivity (Wildman–Crippen MR) is 46.6 cm³/mol. The zero-order chi connectivity index (χ0) is 8.10. The maximum absolute atomic E-state index is 7.10. The molecule has 1 saturated heterocycles. The Bertz CT molecular complexity index is 139. The molecule has 0 aromatic heterocycles. The minimum Gasteiger partial charge on any atom is -0.290 e. The molecule has 1 heteroatoms. The standard InChI is InChI=1S/C10H16N/c1-3-10(4-2)11-8-6-5-7-9-11/h10H,3,5-9H2,1H3. The van der Waals surface area contributed by atoms with Crippen molar-refractivity contribution in [1.82, 2.24) is 4.90 Å². The van der Waals surface area contributed by atoms with Crippen molar-refractivity contribution in [1.29, 1.82) is 0 Å². The molecule has 1 unspecified atom stereocenters. The van der Waals surface area contributed by atoms with E-state index < -0.39 is 0 Å². The molecule has 0 aromatic carbocycles. The Balaban J connectivity index is 2.38. The number of hydrogen-bond acceptors (Lipinski definition) is 1. The molecule has 0 aliphatic carbocycles. The van der Waals surface area contributed by atoms with E-state index in [1.165, 1.54) is 32.4 Å². The summed E-state index contributed by atoms with van der Waals surface area (Å²) in [6.45, 7) is 4.47. The molecule has 1 heterocycles. The van der Waals surface area contributed by atoms with Crippen molar-refractivity contribution in [2.75, 3.05) is 13.1 Å². The summed E-state index contributed by atoms with van der Waals surface area (Å²) in [4.78, 5) is 2.37. The first kappa shape index (κ1) is 8.62. The smallest absolute Gasteiger partial charge is 0.0722 e. The fourth-order valence-electron chi connectivity index (χ4n) is 1.68. The van der Waals surface area contributed by atoms with Crippen LogP contribution in [-0.4, -0.2) is 24.0 Å². The number of hydrogen-bond donors (Lipinski definition) is 0. The molecule has 1 aliphatic heterocycles. The highest BCUT2D eigenvalue weighted by Gasteiger charge is 2.16. The molecule has 0 amide bonds. The first-order chi connectivity index (χ1) is 5.38. The SMILES string of the molecule is [C]#CC(CC)N1CCCCC1. The van der Waals surface area contributed by atoms with Crippen LogP contribution in [0, 0.1) is 12.3 Å². The third-order valence-electron chi connectivity index (χ3n) is 2.38. The fraction of sp³-hybridized carbons (Fsp3) is 0.800. The minimum absolute atomic E-state index is 0.287. The van der Waals surface area contributed by atoms with Gasteiger partial charge >= 0.3 is 0 Å². The van der Waals surface area contributed by atoms with Crippen molar-refractivity contribution in [3.63, 3.8) is 0 Å². The first-order valence-corrected chi connectivity index (χ1v) is 4.54. The highest BCUT2D eigenvalue weighted by molar-refractivity contribution is 4.94. The Hall–Kier alpha value is -0.480. The van der Waals surface area contributed by atoms with Gasteiger partial charge in [0.25, 0.3) is 0 Å². The van der Waals surface area contributed by atoms with Crippen molar-refractivity contribution in [3.8, 4) is 5.92 Å². The average Bonchev–Trinajstić information content (AvgIpc) is 2.09. The largest absolute Gasteiger partial charge is 0.290 e. The average molecular weight is 150 g/mol. The Labute approximate surface area is 69.8 Å². The summed E-state index contributed by atoms with van der Waals surface area (Å²) < 4.78 is 0. The molecule has 1 fully saturated rings. The predicted octanol–water partition coefficient (Wildman–Crippen LogP) is 1.84. The van der Waals surface area contributed by atoms with Gasteiger partial charge in [-0.05, 0) is 38.8 Å². The van der Waals surface area contributed by atoms with Gasteiger partial charge in [0.2, 0.25) is 0 Å². The molecule has 1 atom stereocenters. The molecule has 1 aliphatic rings. The van der Waals surface area contributed by atoms with Gasteiger partial charge in [-0.15, -0.1) is 0 Å².